The van der Waals surface area contributed by atoms with Crippen LogP contribution in [0.2, 0.25) is 0 Å². The van der Waals surface area contributed by atoms with Gasteiger partial charge in [0.2, 0.25) is 0 Å². The SMILES string of the molecule is O=C(O)c1ccc(C=C2SC(=S)N(c3ccccc3F)C2=O)cc1. The molecule has 1 heterocycles. The molecule has 0 aromatic heterocycles. The summed E-state index contributed by atoms with van der Waals surface area (Å²) in [5.74, 6) is -1.95. The third kappa shape index (κ3) is 3.08. The number of anilines is 1. The number of hydrogen-bond acceptors (Lipinski definition) is 4. The van der Waals surface area contributed by atoms with E-state index < -0.39 is 17.7 Å². The van der Waals surface area contributed by atoms with E-state index in [4.69, 9.17) is 17.3 Å². The molecular weight excluding hydrogens is 349 g/mol. The van der Waals surface area contributed by atoms with Crippen molar-refractivity contribution in [1.29, 1.82) is 0 Å². The average Bonchev–Trinajstić information content (AvgIpc) is 2.83. The van der Waals surface area contributed by atoms with Crippen LogP contribution in [0, 0.1) is 5.82 Å². The Morgan fingerprint density at radius 2 is 1.83 bits per heavy atom. The fraction of sp³-hybridized carbons (Fsp3) is 0. The number of thiocarbonyl (C=S) groups is 1. The Morgan fingerprint density at radius 1 is 1.17 bits per heavy atom. The first-order chi connectivity index (χ1) is 11.5. The Hall–Kier alpha value is -2.51. The Morgan fingerprint density at radius 3 is 2.46 bits per heavy atom. The van der Waals surface area contributed by atoms with Gasteiger partial charge in [0.15, 0.2) is 4.32 Å². The zero-order valence-electron chi connectivity index (χ0n) is 12.1. The number of halogens is 1. The van der Waals surface area contributed by atoms with Crippen molar-refractivity contribution >= 4 is 51.9 Å². The molecule has 4 nitrogen and oxygen atoms in total. The Balaban J connectivity index is 1.91. The molecule has 120 valence electrons. The number of rotatable bonds is 3. The van der Waals surface area contributed by atoms with Crippen molar-refractivity contribution in [2.45, 2.75) is 0 Å². The highest BCUT2D eigenvalue weighted by molar-refractivity contribution is 8.27. The molecule has 0 spiro atoms. The molecule has 1 aliphatic heterocycles. The number of aromatic carboxylic acids is 1. The highest BCUT2D eigenvalue weighted by atomic mass is 32.2. The molecular formula is C17H10FNO3S2. The van der Waals surface area contributed by atoms with Gasteiger partial charge in [-0.25, -0.2) is 9.18 Å². The van der Waals surface area contributed by atoms with Gasteiger partial charge in [-0.3, -0.25) is 9.69 Å². The quantitative estimate of drug-likeness (QED) is 0.665. The van der Waals surface area contributed by atoms with E-state index in [9.17, 15) is 14.0 Å². The zero-order chi connectivity index (χ0) is 17.3. The van der Waals surface area contributed by atoms with E-state index >= 15 is 0 Å². The van der Waals surface area contributed by atoms with Crippen molar-refractivity contribution in [3.8, 4) is 0 Å². The summed E-state index contributed by atoms with van der Waals surface area (Å²) in [4.78, 5) is 24.9. The number of carbonyl (C=O) groups is 2. The molecule has 0 saturated carbocycles. The highest BCUT2D eigenvalue weighted by Crippen LogP contribution is 2.36. The van der Waals surface area contributed by atoms with Gasteiger partial charge < -0.3 is 5.11 Å². The van der Waals surface area contributed by atoms with Crippen LogP contribution in [-0.4, -0.2) is 21.3 Å². The lowest BCUT2D eigenvalue weighted by atomic mass is 10.1. The van der Waals surface area contributed by atoms with Crippen LogP contribution in [0.5, 0.6) is 0 Å². The molecule has 2 aromatic rings. The minimum Gasteiger partial charge on any atom is -0.478 e. The second-order valence-electron chi connectivity index (χ2n) is 4.90. The van der Waals surface area contributed by atoms with E-state index in [1.54, 1.807) is 24.3 Å². The predicted molar refractivity (Wildman–Crippen MR) is 95.5 cm³/mol. The van der Waals surface area contributed by atoms with E-state index in [2.05, 4.69) is 0 Å². The van der Waals surface area contributed by atoms with E-state index in [-0.39, 0.29) is 15.6 Å². The second-order valence-corrected chi connectivity index (χ2v) is 6.57. The summed E-state index contributed by atoms with van der Waals surface area (Å²) in [6.45, 7) is 0. The first kappa shape index (κ1) is 16.4. The topological polar surface area (TPSA) is 57.6 Å². The molecule has 0 bridgehead atoms. The van der Waals surface area contributed by atoms with E-state index in [0.29, 0.717) is 10.5 Å². The van der Waals surface area contributed by atoms with Gasteiger partial charge in [0.1, 0.15) is 5.82 Å². The standard InChI is InChI=1S/C17H10FNO3S2/c18-12-3-1-2-4-13(12)19-15(20)14(24-17(19)23)9-10-5-7-11(8-6-10)16(21)22/h1-9H,(H,21,22). The van der Waals surface area contributed by atoms with Crippen LogP contribution in [0.25, 0.3) is 6.08 Å². The fourth-order valence-electron chi connectivity index (χ4n) is 2.18. The van der Waals surface area contributed by atoms with Gasteiger partial charge in [-0.2, -0.15) is 0 Å². The van der Waals surface area contributed by atoms with E-state index in [0.717, 1.165) is 16.7 Å². The number of carboxylic acids is 1. The third-order valence-electron chi connectivity index (χ3n) is 3.34. The molecule has 0 atom stereocenters. The summed E-state index contributed by atoms with van der Waals surface area (Å²) < 4.78 is 14.2. The third-order valence-corrected chi connectivity index (χ3v) is 4.64. The van der Waals surface area contributed by atoms with Gasteiger partial charge in [0.05, 0.1) is 16.2 Å². The van der Waals surface area contributed by atoms with Crippen molar-refractivity contribution in [3.63, 3.8) is 0 Å². The maximum Gasteiger partial charge on any atom is 0.335 e. The molecule has 7 heteroatoms. The fourth-order valence-corrected chi connectivity index (χ4v) is 3.47. The first-order valence-electron chi connectivity index (χ1n) is 6.83. The van der Waals surface area contributed by atoms with Gasteiger partial charge in [-0.15, -0.1) is 0 Å². The highest BCUT2D eigenvalue weighted by Gasteiger charge is 2.34. The summed E-state index contributed by atoms with van der Waals surface area (Å²) in [5.41, 5.74) is 0.935. The molecule has 3 rings (SSSR count). The molecule has 24 heavy (non-hydrogen) atoms. The van der Waals surface area contributed by atoms with Crippen LogP contribution < -0.4 is 4.90 Å². The zero-order valence-corrected chi connectivity index (χ0v) is 13.7. The van der Waals surface area contributed by atoms with Gasteiger partial charge in [-0.05, 0) is 35.9 Å². The predicted octanol–water partition coefficient (Wildman–Crippen LogP) is 3.93. The summed E-state index contributed by atoms with van der Waals surface area (Å²) in [7, 11) is 0. The Labute approximate surface area is 146 Å². The number of benzene rings is 2. The van der Waals surface area contributed by atoms with Gasteiger partial charge in [-0.1, -0.05) is 48.2 Å². The molecule has 0 aliphatic carbocycles. The smallest absolute Gasteiger partial charge is 0.335 e. The maximum atomic E-state index is 13.9. The minimum absolute atomic E-state index is 0.115. The van der Waals surface area contributed by atoms with Crippen LogP contribution in [0.4, 0.5) is 10.1 Å². The van der Waals surface area contributed by atoms with Crippen molar-refractivity contribution in [2.75, 3.05) is 4.90 Å². The van der Waals surface area contributed by atoms with Crippen molar-refractivity contribution in [3.05, 3.63) is 70.4 Å². The molecule has 1 amide bonds. The normalized spacial score (nSPS) is 16.0. The first-order valence-corrected chi connectivity index (χ1v) is 8.05. The molecule has 2 aromatic carbocycles. The lowest BCUT2D eigenvalue weighted by molar-refractivity contribution is -0.113. The Bertz CT molecular complexity index is 878. The maximum absolute atomic E-state index is 13.9. The van der Waals surface area contributed by atoms with Crippen molar-refractivity contribution < 1.29 is 19.1 Å². The lowest BCUT2D eigenvalue weighted by Gasteiger charge is -2.14. The largest absolute Gasteiger partial charge is 0.478 e. The van der Waals surface area contributed by atoms with Gasteiger partial charge in [0, 0.05) is 0 Å². The summed E-state index contributed by atoms with van der Waals surface area (Å²) >= 11 is 6.27. The van der Waals surface area contributed by atoms with Crippen LogP contribution in [0.1, 0.15) is 15.9 Å². The van der Waals surface area contributed by atoms with E-state index in [1.807, 2.05) is 0 Å². The van der Waals surface area contributed by atoms with Gasteiger partial charge >= 0.3 is 5.97 Å². The minimum atomic E-state index is -1.02. The average molecular weight is 359 g/mol. The summed E-state index contributed by atoms with van der Waals surface area (Å²) in [5, 5.41) is 8.89. The summed E-state index contributed by atoms with van der Waals surface area (Å²) in [6, 6.07) is 12.0. The number of carbonyl (C=O) groups excluding carboxylic acids is 1. The number of hydrogen-bond donors (Lipinski definition) is 1. The van der Waals surface area contributed by atoms with Crippen LogP contribution in [0.3, 0.4) is 0 Å². The molecule has 0 unspecified atom stereocenters. The molecule has 1 N–H and O–H groups in total. The number of carboxylic acid groups (broad SMARTS) is 1. The molecule has 1 aliphatic rings. The molecule has 1 saturated heterocycles. The lowest BCUT2D eigenvalue weighted by Crippen LogP contribution is -2.28. The van der Waals surface area contributed by atoms with Gasteiger partial charge in [0.25, 0.3) is 5.91 Å². The van der Waals surface area contributed by atoms with Crippen LogP contribution >= 0.6 is 24.0 Å². The number of para-hydroxylation sites is 1. The second kappa shape index (κ2) is 6.54. The number of amides is 1. The summed E-state index contributed by atoms with van der Waals surface area (Å²) in [6.07, 6.45) is 1.60. The van der Waals surface area contributed by atoms with Crippen molar-refractivity contribution in [2.24, 2.45) is 0 Å². The monoisotopic (exact) mass is 359 g/mol. The molecule has 0 radical (unpaired) electrons. The number of nitrogens with zero attached hydrogens (tertiary/aromatic N) is 1. The number of thioether (sulfide) groups is 1. The van der Waals surface area contributed by atoms with Crippen LogP contribution in [-0.2, 0) is 4.79 Å². The van der Waals surface area contributed by atoms with Crippen molar-refractivity contribution in [1.82, 2.24) is 0 Å². The Kier molecular flexibility index (Phi) is 4.46. The van der Waals surface area contributed by atoms with Crippen LogP contribution in [0.15, 0.2) is 53.4 Å². The van der Waals surface area contributed by atoms with E-state index in [1.165, 1.54) is 30.3 Å². The molecule has 1 fully saturated rings.